The standard InChI is InChI=1S/C11H11BrClFN4O/c1-2-15-5-9-17-18-11(19-9)16-10-7(12)3-6(14)4-8(10)13/h3-4,15H,2,5H2,1H3,(H,16,18). The van der Waals surface area contributed by atoms with E-state index in [1.54, 1.807) is 0 Å². The van der Waals surface area contributed by atoms with Crippen LogP contribution < -0.4 is 10.6 Å². The second kappa shape index (κ2) is 6.31. The molecule has 2 N–H and O–H groups in total. The van der Waals surface area contributed by atoms with Crippen molar-refractivity contribution < 1.29 is 8.81 Å². The highest BCUT2D eigenvalue weighted by atomic mass is 79.9. The maximum atomic E-state index is 13.1. The Morgan fingerprint density at radius 3 is 2.89 bits per heavy atom. The van der Waals surface area contributed by atoms with Crippen LogP contribution in [0.3, 0.4) is 0 Å². The van der Waals surface area contributed by atoms with E-state index in [2.05, 4.69) is 36.8 Å². The van der Waals surface area contributed by atoms with Crippen molar-refractivity contribution in [3.05, 3.63) is 33.3 Å². The summed E-state index contributed by atoms with van der Waals surface area (Å²) in [6.45, 7) is 3.27. The lowest BCUT2D eigenvalue weighted by Gasteiger charge is -2.06. The van der Waals surface area contributed by atoms with Gasteiger partial charge in [0.1, 0.15) is 5.82 Å². The third-order valence-corrected chi connectivity index (χ3v) is 3.16. The Balaban J connectivity index is 2.15. The van der Waals surface area contributed by atoms with E-state index in [9.17, 15) is 4.39 Å². The summed E-state index contributed by atoms with van der Waals surface area (Å²) in [4.78, 5) is 0. The number of halogens is 3. The normalized spacial score (nSPS) is 10.7. The number of benzene rings is 1. The third kappa shape index (κ3) is 3.65. The predicted molar refractivity (Wildman–Crippen MR) is 74.1 cm³/mol. The van der Waals surface area contributed by atoms with Crippen LogP contribution in [0.4, 0.5) is 16.1 Å². The first-order chi connectivity index (χ1) is 9.10. The number of hydrogen-bond acceptors (Lipinski definition) is 5. The minimum absolute atomic E-state index is 0.196. The predicted octanol–water partition coefficient (Wildman–Crippen LogP) is 3.48. The molecule has 0 bridgehead atoms. The van der Waals surface area contributed by atoms with Gasteiger partial charge in [-0.2, -0.15) is 0 Å². The van der Waals surface area contributed by atoms with Crippen molar-refractivity contribution in [1.29, 1.82) is 0 Å². The van der Waals surface area contributed by atoms with Gasteiger partial charge in [0.05, 0.1) is 17.3 Å². The number of nitrogens with one attached hydrogen (secondary N) is 2. The molecule has 0 aliphatic heterocycles. The highest BCUT2D eigenvalue weighted by Crippen LogP contribution is 2.33. The monoisotopic (exact) mass is 348 g/mol. The van der Waals surface area contributed by atoms with Gasteiger partial charge in [-0.1, -0.05) is 23.6 Å². The summed E-state index contributed by atoms with van der Waals surface area (Å²) in [7, 11) is 0. The summed E-state index contributed by atoms with van der Waals surface area (Å²) in [6, 6.07) is 2.69. The molecule has 8 heteroatoms. The second-order valence-electron chi connectivity index (χ2n) is 3.65. The zero-order valence-corrected chi connectivity index (χ0v) is 12.3. The highest BCUT2D eigenvalue weighted by Gasteiger charge is 2.12. The summed E-state index contributed by atoms with van der Waals surface area (Å²) in [5.74, 6) is 0.0273. The van der Waals surface area contributed by atoms with E-state index in [0.29, 0.717) is 22.6 Å². The third-order valence-electron chi connectivity index (χ3n) is 2.23. The zero-order chi connectivity index (χ0) is 13.8. The second-order valence-corrected chi connectivity index (χ2v) is 4.91. The smallest absolute Gasteiger partial charge is 0.320 e. The molecule has 0 atom stereocenters. The van der Waals surface area contributed by atoms with Crippen LogP contribution in [0.2, 0.25) is 5.02 Å². The van der Waals surface area contributed by atoms with Crippen molar-refractivity contribution in [3.8, 4) is 0 Å². The molecule has 1 aromatic carbocycles. The van der Waals surface area contributed by atoms with Crippen LogP contribution in [-0.2, 0) is 6.54 Å². The molecule has 2 aromatic rings. The topological polar surface area (TPSA) is 63.0 Å². The molecule has 0 saturated carbocycles. The number of rotatable bonds is 5. The number of aromatic nitrogens is 2. The Hall–Kier alpha value is -1.18. The largest absolute Gasteiger partial charge is 0.406 e. The molecule has 2 rings (SSSR count). The summed E-state index contributed by atoms with van der Waals surface area (Å²) in [5.41, 5.74) is 0.474. The van der Waals surface area contributed by atoms with Crippen LogP contribution in [0.25, 0.3) is 0 Å². The Morgan fingerprint density at radius 2 is 2.21 bits per heavy atom. The fourth-order valence-electron chi connectivity index (χ4n) is 1.38. The van der Waals surface area contributed by atoms with E-state index < -0.39 is 5.82 Å². The molecule has 0 saturated heterocycles. The average Bonchev–Trinajstić information content (AvgIpc) is 2.79. The van der Waals surface area contributed by atoms with Gasteiger partial charge in [-0.25, -0.2) is 4.39 Å². The van der Waals surface area contributed by atoms with Crippen molar-refractivity contribution in [2.45, 2.75) is 13.5 Å². The van der Waals surface area contributed by atoms with E-state index in [-0.39, 0.29) is 11.0 Å². The van der Waals surface area contributed by atoms with Crippen LogP contribution in [-0.4, -0.2) is 16.7 Å². The lowest BCUT2D eigenvalue weighted by atomic mass is 10.3. The molecule has 1 heterocycles. The van der Waals surface area contributed by atoms with Gasteiger partial charge in [0.15, 0.2) is 0 Å². The molecule has 0 aliphatic rings. The van der Waals surface area contributed by atoms with E-state index in [0.717, 1.165) is 6.54 Å². The SMILES string of the molecule is CCNCc1nnc(Nc2c(Cl)cc(F)cc2Br)o1. The fraction of sp³-hybridized carbons (Fsp3) is 0.273. The molecule has 0 radical (unpaired) electrons. The fourth-order valence-corrected chi connectivity index (χ4v) is 2.27. The van der Waals surface area contributed by atoms with Gasteiger partial charge >= 0.3 is 6.01 Å². The van der Waals surface area contributed by atoms with Crippen molar-refractivity contribution in [2.75, 3.05) is 11.9 Å². The molecule has 0 aliphatic carbocycles. The summed E-state index contributed by atoms with van der Waals surface area (Å²) in [6.07, 6.45) is 0. The Labute approximate surface area is 122 Å². The lowest BCUT2D eigenvalue weighted by molar-refractivity contribution is 0.484. The van der Waals surface area contributed by atoms with Gasteiger partial charge in [0, 0.05) is 4.47 Å². The average molecular weight is 350 g/mol. The van der Waals surface area contributed by atoms with Gasteiger partial charge < -0.3 is 15.1 Å². The van der Waals surface area contributed by atoms with E-state index in [1.165, 1.54) is 12.1 Å². The molecule has 19 heavy (non-hydrogen) atoms. The maximum Gasteiger partial charge on any atom is 0.320 e. The highest BCUT2D eigenvalue weighted by molar-refractivity contribution is 9.10. The van der Waals surface area contributed by atoms with E-state index >= 15 is 0 Å². The van der Waals surface area contributed by atoms with Crippen molar-refractivity contribution in [2.24, 2.45) is 0 Å². The molecule has 0 fully saturated rings. The van der Waals surface area contributed by atoms with Crippen molar-refractivity contribution >= 4 is 39.2 Å². The van der Waals surface area contributed by atoms with Crippen LogP contribution >= 0.6 is 27.5 Å². The first-order valence-electron chi connectivity index (χ1n) is 5.54. The molecule has 1 aromatic heterocycles. The molecule has 0 amide bonds. The minimum atomic E-state index is -0.430. The zero-order valence-electron chi connectivity index (χ0n) is 10.0. The summed E-state index contributed by atoms with van der Waals surface area (Å²) < 4.78 is 18.9. The molecule has 102 valence electrons. The first-order valence-corrected chi connectivity index (χ1v) is 6.72. The minimum Gasteiger partial charge on any atom is -0.406 e. The molecular weight excluding hydrogens is 339 g/mol. The number of anilines is 2. The van der Waals surface area contributed by atoms with Gasteiger partial charge in [-0.15, -0.1) is 5.10 Å². The van der Waals surface area contributed by atoms with E-state index in [4.69, 9.17) is 16.0 Å². The number of hydrogen-bond donors (Lipinski definition) is 2. The van der Waals surface area contributed by atoms with Gasteiger partial charge in [0.25, 0.3) is 0 Å². The van der Waals surface area contributed by atoms with E-state index in [1.807, 2.05) is 6.92 Å². The van der Waals surface area contributed by atoms with Gasteiger partial charge in [-0.05, 0) is 34.6 Å². The maximum absolute atomic E-state index is 13.1. The van der Waals surface area contributed by atoms with Crippen LogP contribution in [0.15, 0.2) is 21.0 Å². The first kappa shape index (κ1) is 14.2. The Kier molecular flexibility index (Phi) is 4.73. The van der Waals surface area contributed by atoms with Gasteiger partial charge in [-0.3, -0.25) is 0 Å². The van der Waals surface area contributed by atoms with Crippen molar-refractivity contribution in [1.82, 2.24) is 15.5 Å². The van der Waals surface area contributed by atoms with Crippen molar-refractivity contribution in [3.63, 3.8) is 0 Å². The molecular formula is C11H11BrClFN4O. The Morgan fingerprint density at radius 1 is 1.42 bits per heavy atom. The van der Waals surface area contributed by atoms with Crippen LogP contribution in [0, 0.1) is 5.82 Å². The molecule has 0 spiro atoms. The Bertz CT molecular complexity index is 555. The summed E-state index contributed by atoms with van der Waals surface area (Å²) >= 11 is 9.16. The molecule has 0 unspecified atom stereocenters. The number of nitrogens with zero attached hydrogens (tertiary/aromatic N) is 2. The van der Waals surface area contributed by atoms with Gasteiger partial charge in [0.2, 0.25) is 5.89 Å². The quantitative estimate of drug-likeness (QED) is 0.865. The molecule has 5 nitrogen and oxygen atoms in total. The lowest BCUT2D eigenvalue weighted by Crippen LogP contribution is -2.11. The summed E-state index contributed by atoms with van der Waals surface area (Å²) in [5, 5.41) is 13.8. The van der Waals surface area contributed by atoms with Crippen LogP contribution in [0.1, 0.15) is 12.8 Å². The van der Waals surface area contributed by atoms with Crippen LogP contribution in [0.5, 0.6) is 0 Å².